The van der Waals surface area contributed by atoms with Gasteiger partial charge in [-0.1, -0.05) is 0 Å². The fourth-order valence-corrected chi connectivity index (χ4v) is 2.15. The minimum absolute atomic E-state index is 0.256. The fraction of sp³-hybridized carbons (Fsp3) is 0.538. The van der Waals surface area contributed by atoms with Gasteiger partial charge in [0.05, 0.1) is 14.2 Å². The van der Waals surface area contributed by atoms with Crippen molar-refractivity contribution >= 4 is 0 Å². The van der Waals surface area contributed by atoms with Gasteiger partial charge in [-0.05, 0) is 6.07 Å². The molecule has 5 nitrogen and oxygen atoms in total. The van der Waals surface area contributed by atoms with Crippen molar-refractivity contribution in [1.29, 1.82) is 0 Å². The third kappa shape index (κ3) is 2.86. The molecule has 1 aromatic carbocycles. The molecule has 0 atom stereocenters. The van der Waals surface area contributed by atoms with Crippen molar-refractivity contribution in [1.82, 2.24) is 10.2 Å². The van der Waals surface area contributed by atoms with Crippen molar-refractivity contribution in [2.45, 2.75) is 6.54 Å². The third-order valence-corrected chi connectivity index (χ3v) is 3.19. The highest BCUT2D eigenvalue weighted by atomic mass is 16.5. The maximum absolute atomic E-state index is 10.00. The van der Waals surface area contributed by atoms with E-state index in [4.69, 9.17) is 9.47 Å². The normalized spacial score (nSPS) is 16.6. The molecule has 0 radical (unpaired) electrons. The number of rotatable bonds is 4. The van der Waals surface area contributed by atoms with Gasteiger partial charge in [0, 0.05) is 44.4 Å². The van der Waals surface area contributed by atoms with Gasteiger partial charge in [0.25, 0.3) is 0 Å². The van der Waals surface area contributed by atoms with E-state index in [2.05, 4.69) is 10.2 Å². The quantitative estimate of drug-likeness (QED) is 0.830. The summed E-state index contributed by atoms with van der Waals surface area (Å²) in [5, 5.41) is 13.3. The second-order valence-electron chi connectivity index (χ2n) is 4.36. The van der Waals surface area contributed by atoms with Crippen LogP contribution in [0.1, 0.15) is 5.56 Å². The maximum Gasteiger partial charge on any atom is 0.164 e. The second kappa shape index (κ2) is 5.93. The summed E-state index contributed by atoms with van der Waals surface area (Å²) in [4.78, 5) is 2.30. The number of piperazine rings is 1. The molecule has 0 saturated carbocycles. The molecule has 0 spiro atoms. The van der Waals surface area contributed by atoms with E-state index in [1.807, 2.05) is 6.07 Å². The van der Waals surface area contributed by atoms with Gasteiger partial charge in [-0.3, -0.25) is 4.90 Å². The van der Waals surface area contributed by atoms with Crippen LogP contribution in [0.4, 0.5) is 0 Å². The van der Waals surface area contributed by atoms with Crippen LogP contribution in [0.25, 0.3) is 0 Å². The zero-order valence-corrected chi connectivity index (χ0v) is 10.9. The van der Waals surface area contributed by atoms with Crippen LogP contribution in [0, 0.1) is 0 Å². The summed E-state index contributed by atoms with van der Waals surface area (Å²) in [6.07, 6.45) is 0. The summed E-state index contributed by atoms with van der Waals surface area (Å²) >= 11 is 0. The summed E-state index contributed by atoms with van der Waals surface area (Å²) in [7, 11) is 3.16. The van der Waals surface area contributed by atoms with E-state index < -0.39 is 0 Å². The van der Waals surface area contributed by atoms with E-state index >= 15 is 0 Å². The molecule has 1 aliphatic heterocycles. The topological polar surface area (TPSA) is 54.0 Å². The average molecular weight is 252 g/mol. The van der Waals surface area contributed by atoms with E-state index in [-0.39, 0.29) is 5.75 Å². The number of benzene rings is 1. The number of nitrogens with one attached hydrogen (secondary N) is 1. The standard InChI is InChI=1S/C13H20N2O3/c1-17-12-7-10(11(16)8-13(12)18-2)9-15-5-3-14-4-6-15/h7-8,14,16H,3-6,9H2,1-2H3. The summed E-state index contributed by atoms with van der Waals surface area (Å²) < 4.78 is 10.4. The fourth-order valence-electron chi connectivity index (χ4n) is 2.15. The highest BCUT2D eigenvalue weighted by molar-refractivity contribution is 5.50. The molecular weight excluding hydrogens is 232 g/mol. The van der Waals surface area contributed by atoms with Crippen molar-refractivity contribution in [2.75, 3.05) is 40.4 Å². The van der Waals surface area contributed by atoms with Gasteiger partial charge < -0.3 is 19.9 Å². The smallest absolute Gasteiger partial charge is 0.164 e. The minimum atomic E-state index is 0.256. The largest absolute Gasteiger partial charge is 0.507 e. The predicted octanol–water partition coefficient (Wildman–Crippen LogP) is 0.815. The molecule has 1 fully saturated rings. The van der Waals surface area contributed by atoms with Crippen LogP contribution in [0.2, 0.25) is 0 Å². The van der Waals surface area contributed by atoms with Crippen LogP contribution in [0.15, 0.2) is 12.1 Å². The van der Waals surface area contributed by atoms with E-state index in [9.17, 15) is 5.11 Å². The van der Waals surface area contributed by atoms with Crippen LogP contribution in [-0.2, 0) is 6.54 Å². The molecule has 100 valence electrons. The van der Waals surface area contributed by atoms with E-state index in [1.165, 1.54) is 0 Å². The van der Waals surface area contributed by atoms with Crippen LogP contribution in [-0.4, -0.2) is 50.4 Å². The maximum atomic E-state index is 10.00. The van der Waals surface area contributed by atoms with Crippen molar-refractivity contribution < 1.29 is 14.6 Å². The molecular formula is C13H20N2O3. The number of methoxy groups -OCH3 is 2. The Morgan fingerprint density at radius 3 is 2.39 bits per heavy atom. The van der Waals surface area contributed by atoms with Gasteiger partial charge in [0.2, 0.25) is 0 Å². The molecule has 0 unspecified atom stereocenters. The molecule has 0 aliphatic carbocycles. The third-order valence-electron chi connectivity index (χ3n) is 3.19. The van der Waals surface area contributed by atoms with E-state index in [1.54, 1.807) is 20.3 Å². The number of phenolic OH excluding ortho intramolecular Hbond substituents is 1. The van der Waals surface area contributed by atoms with Crippen molar-refractivity contribution in [3.63, 3.8) is 0 Å². The average Bonchev–Trinajstić information content (AvgIpc) is 2.41. The number of hydrogen-bond acceptors (Lipinski definition) is 5. The van der Waals surface area contributed by atoms with Crippen molar-refractivity contribution in [3.8, 4) is 17.2 Å². The van der Waals surface area contributed by atoms with Gasteiger partial charge in [0.15, 0.2) is 11.5 Å². The number of ether oxygens (including phenoxy) is 2. The van der Waals surface area contributed by atoms with E-state index in [0.29, 0.717) is 11.5 Å². The Kier molecular flexibility index (Phi) is 4.28. The van der Waals surface area contributed by atoms with Gasteiger partial charge >= 0.3 is 0 Å². The van der Waals surface area contributed by atoms with Gasteiger partial charge in [-0.2, -0.15) is 0 Å². The Bertz CT molecular complexity index is 403. The monoisotopic (exact) mass is 252 g/mol. The predicted molar refractivity (Wildman–Crippen MR) is 69.4 cm³/mol. The molecule has 2 N–H and O–H groups in total. The molecule has 0 bridgehead atoms. The molecule has 1 aliphatic rings. The first-order valence-corrected chi connectivity index (χ1v) is 6.11. The molecule has 0 amide bonds. The Labute approximate surface area is 107 Å². The lowest BCUT2D eigenvalue weighted by atomic mass is 10.1. The first-order valence-electron chi connectivity index (χ1n) is 6.11. The highest BCUT2D eigenvalue weighted by Gasteiger charge is 2.15. The summed E-state index contributed by atoms with van der Waals surface area (Å²) in [6, 6.07) is 3.45. The Morgan fingerprint density at radius 2 is 1.78 bits per heavy atom. The first-order chi connectivity index (χ1) is 8.74. The van der Waals surface area contributed by atoms with Crippen LogP contribution in [0.3, 0.4) is 0 Å². The molecule has 1 heterocycles. The molecule has 18 heavy (non-hydrogen) atoms. The Morgan fingerprint density at radius 1 is 1.17 bits per heavy atom. The molecule has 5 heteroatoms. The molecule has 2 rings (SSSR count). The first kappa shape index (κ1) is 13.0. The second-order valence-corrected chi connectivity index (χ2v) is 4.36. The molecule has 0 aromatic heterocycles. The Hall–Kier alpha value is -1.46. The number of phenols is 1. The zero-order chi connectivity index (χ0) is 13.0. The van der Waals surface area contributed by atoms with Crippen LogP contribution < -0.4 is 14.8 Å². The van der Waals surface area contributed by atoms with Crippen LogP contribution in [0.5, 0.6) is 17.2 Å². The number of hydrogen-bond donors (Lipinski definition) is 2. The van der Waals surface area contributed by atoms with Crippen molar-refractivity contribution in [2.24, 2.45) is 0 Å². The zero-order valence-electron chi connectivity index (χ0n) is 10.9. The van der Waals surface area contributed by atoms with Gasteiger partial charge in [-0.25, -0.2) is 0 Å². The lowest BCUT2D eigenvalue weighted by Gasteiger charge is -2.27. The SMILES string of the molecule is COc1cc(O)c(CN2CCNCC2)cc1OC. The summed E-state index contributed by atoms with van der Waals surface area (Å²) in [6.45, 7) is 4.71. The lowest BCUT2D eigenvalue weighted by Crippen LogP contribution is -2.42. The molecule has 1 saturated heterocycles. The van der Waals surface area contributed by atoms with Gasteiger partial charge in [-0.15, -0.1) is 0 Å². The Balaban J connectivity index is 2.16. The van der Waals surface area contributed by atoms with Crippen LogP contribution >= 0.6 is 0 Å². The van der Waals surface area contributed by atoms with Crippen molar-refractivity contribution in [3.05, 3.63) is 17.7 Å². The lowest BCUT2D eigenvalue weighted by molar-refractivity contribution is 0.230. The van der Waals surface area contributed by atoms with E-state index in [0.717, 1.165) is 38.3 Å². The minimum Gasteiger partial charge on any atom is -0.507 e. The summed E-state index contributed by atoms with van der Waals surface area (Å²) in [5.74, 6) is 1.46. The number of nitrogens with zero attached hydrogens (tertiary/aromatic N) is 1. The van der Waals surface area contributed by atoms with Gasteiger partial charge in [0.1, 0.15) is 5.75 Å². The number of aromatic hydroxyl groups is 1. The summed E-state index contributed by atoms with van der Waals surface area (Å²) in [5.41, 5.74) is 0.870. The highest BCUT2D eigenvalue weighted by Crippen LogP contribution is 2.34. The molecule has 1 aromatic rings.